The molecule has 0 bridgehead atoms. The summed E-state index contributed by atoms with van der Waals surface area (Å²) in [6, 6.07) is 1.60. The molecule has 0 amide bonds. The Morgan fingerprint density at radius 3 is 2.59 bits per heavy atom. The predicted molar refractivity (Wildman–Crippen MR) is 68.4 cm³/mol. The highest BCUT2D eigenvalue weighted by Crippen LogP contribution is 2.08. The monoisotopic (exact) mass is 239 g/mol. The third-order valence-electron chi connectivity index (χ3n) is 2.74. The van der Waals surface area contributed by atoms with Gasteiger partial charge in [0.25, 0.3) is 5.56 Å². The van der Waals surface area contributed by atoms with Gasteiger partial charge in [0, 0.05) is 25.7 Å². The minimum absolute atomic E-state index is 0.116. The van der Waals surface area contributed by atoms with E-state index in [-0.39, 0.29) is 5.56 Å². The van der Waals surface area contributed by atoms with Crippen LogP contribution < -0.4 is 10.5 Å². The summed E-state index contributed by atoms with van der Waals surface area (Å²) in [7, 11) is 0. The third-order valence-corrected chi connectivity index (χ3v) is 2.74. The van der Waals surface area contributed by atoms with Crippen LogP contribution in [0.25, 0.3) is 0 Å². The molecule has 0 aliphatic heterocycles. The minimum atomic E-state index is -0.411. The van der Waals surface area contributed by atoms with E-state index in [2.05, 4.69) is 10.00 Å². The van der Waals surface area contributed by atoms with E-state index in [1.54, 1.807) is 19.2 Å². The van der Waals surface area contributed by atoms with E-state index in [0.717, 1.165) is 18.8 Å². The molecule has 17 heavy (non-hydrogen) atoms. The van der Waals surface area contributed by atoms with Crippen LogP contribution in [0, 0.1) is 0 Å². The topological polar surface area (TPSA) is 58.4 Å². The molecule has 1 heterocycles. The van der Waals surface area contributed by atoms with Crippen LogP contribution in [0.2, 0.25) is 0 Å². The second-order valence-electron chi connectivity index (χ2n) is 4.09. The van der Waals surface area contributed by atoms with Crippen LogP contribution in [-0.4, -0.2) is 34.1 Å². The Kier molecular flexibility index (Phi) is 5.15. The van der Waals surface area contributed by atoms with Gasteiger partial charge in [-0.3, -0.25) is 4.79 Å². The van der Waals surface area contributed by atoms with E-state index < -0.39 is 6.10 Å². The van der Waals surface area contributed by atoms with E-state index in [9.17, 15) is 9.90 Å². The standard InChI is InChI=1S/C12H21N3O2/c1-4-14(5-2)11-8-12(17)15(13-9-11)7-6-10(3)16/h8-10,16H,4-7H2,1-3H3. The maximum Gasteiger partial charge on any atom is 0.268 e. The Morgan fingerprint density at radius 1 is 1.47 bits per heavy atom. The van der Waals surface area contributed by atoms with E-state index in [1.165, 1.54) is 4.68 Å². The zero-order valence-electron chi connectivity index (χ0n) is 10.8. The predicted octanol–water partition coefficient (Wildman–Crippen LogP) is 0.860. The van der Waals surface area contributed by atoms with Crippen LogP contribution >= 0.6 is 0 Å². The van der Waals surface area contributed by atoms with Crippen LogP contribution in [0.5, 0.6) is 0 Å². The van der Waals surface area contributed by atoms with Crippen LogP contribution in [0.15, 0.2) is 17.1 Å². The summed E-state index contributed by atoms with van der Waals surface area (Å²) in [5, 5.41) is 13.3. The fourth-order valence-corrected chi connectivity index (χ4v) is 1.66. The van der Waals surface area contributed by atoms with Crippen LogP contribution in [0.1, 0.15) is 27.2 Å². The van der Waals surface area contributed by atoms with Gasteiger partial charge in [-0.2, -0.15) is 5.10 Å². The molecule has 96 valence electrons. The molecule has 1 aromatic heterocycles. The zero-order valence-corrected chi connectivity index (χ0v) is 10.8. The molecule has 0 aliphatic rings. The summed E-state index contributed by atoms with van der Waals surface area (Å²) in [6.45, 7) is 7.96. The van der Waals surface area contributed by atoms with Gasteiger partial charge < -0.3 is 10.0 Å². The third kappa shape index (κ3) is 3.85. The van der Waals surface area contributed by atoms with Crippen molar-refractivity contribution in [2.24, 2.45) is 0 Å². The van der Waals surface area contributed by atoms with E-state index in [1.807, 2.05) is 13.8 Å². The lowest BCUT2D eigenvalue weighted by Gasteiger charge is -2.20. The Balaban J connectivity index is 2.82. The van der Waals surface area contributed by atoms with Crippen LogP contribution in [0.3, 0.4) is 0 Å². The average Bonchev–Trinajstić information content (AvgIpc) is 2.29. The first-order valence-corrected chi connectivity index (χ1v) is 6.08. The van der Waals surface area contributed by atoms with Gasteiger partial charge in [0.05, 0.1) is 18.0 Å². The van der Waals surface area contributed by atoms with E-state index in [0.29, 0.717) is 13.0 Å². The van der Waals surface area contributed by atoms with Gasteiger partial charge in [-0.1, -0.05) is 0 Å². The largest absolute Gasteiger partial charge is 0.393 e. The van der Waals surface area contributed by atoms with Crippen molar-refractivity contribution in [3.8, 4) is 0 Å². The average molecular weight is 239 g/mol. The number of hydrogen-bond acceptors (Lipinski definition) is 4. The first-order chi connectivity index (χ1) is 8.08. The van der Waals surface area contributed by atoms with E-state index in [4.69, 9.17) is 0 Å². The Hall–Kier alpha value is -1.36. The quantitative estimate of drug-likeness (QED) is 0.800. The molecular formula is C12H21N3O2. The summed E-state index contributed by atoms with van der Waals surface area (Å²) in [5.41, 5.74) is 0.739. The molecule has 1 unspecified atom stereocenters. The molecule has 1 rings (SSSR count). The lowest BCUT2D eigenvalue weighted by molar-refractivity contribution is 0.175. The van der Waals surface area contributed by atoms with Gasteiger partial charge in [0.2, 0.25) is 0 Å². The van der Waals surface area contributed by atoms with Gasteiger partial charge in [-0.25, -0.2) is 4.68 Å². The minimum Gasteiger partial charge on any atom is -0.393 e. The van der Waals surface area contributed by atoms with Gasteiger partial charge in [-0.05, 0) is 27.2 Å². The number of rotatable bonds is 6. The SMILES string of the molecule is CCN(CC)c1cnn(CCC(C)O)c(=O)c1. The van der Waals surface area contributed by atoms with Crippen molar-refractivity contribution >= 4 is 5.69 Å². The lowest BCUT2D eigenvalue weighted by atomic mass is 10.3. The van der Waals surface area contributed by atoms with Crippen molar-refractivity contribution in [2.45, 2.75) is 39.8 Å². The lowest BCUT2D eigenvalue weighted by Crippen LogP contribution is -2.28. The van der Waals surface area contributed by atoms with Crippen molar-refractivity contribution in [3.63, 3.8) is 0 Å². The van der Waals surface area contributed by atoms with Crippen molar-refractivity contribution in [1.82, 2.24) is 9.78 Å². The smallest absolute Gasteiger partial charge is 0.268 e. The maximum atomic E-state index is 11.8. The number of aliphatic hydroxyl groups is 1. The van der Waals surface area contributed by atoms with E-state index >= 15 is 0 Å². The zero-order chi connectivity index (χ0) is 12.8. The van der Waals surface area contributed by atoms with Gasteiger partial charge in [0.1, 0.15) is 0 Å². The molecule has 1 N–H and O–H groups in total. The number of aliphatic hydroxyl groups excluding tert-OH is 1. The Labute approximate surface area is 102 Å². The summed E-state index contributed by atoms with van der Waals surface area (Å²) >= 11 is 0. The molecule has 0 aromatic carbocycles. The van der Waals surface area contributed by atoms with Crippen LogP contribution in [0.4, 0.5) is 5.69 Å². The molecule has 0 radical (unpaired) electrons. The number of nitrogens with zero attached hydrogens (tertiary/aromatic N) is 3. The Morgan fingerprint density at radius 2 is 2.12 bits per heavy atom. The van der Waals surface area contributed by atoms with Crippen LogP contribution in [-0.2, 0) is 6.54 Å². The molecule has 5 heteroatoms. The highest BCUT2D eigenvalue weighted by atomic mass is 16.3. The van der Waals surface area contributed by atoms with Crippen molar-refractivity contribution in [3.05, 3.63) is 22.6 Å². The summed E-state index contributed by atoms with van der Waals surface area (Å²) in [6.07, 6.45) is 1.83. The van der Waals surface area contributed by atoms with Crippen molar-refractivity contribution < 1.29 is 5.11 Å². The van der Waals surface area contributed by atoms with Gasteiger partial charge >= 0.3 is 0 Å². The fraction of sp³-hybridized carbons (Fsp3) is 0.667. The first kappa shape index (κ1) is 13.7. The maximum absolute atomic E-state index is 11.8. The highest BCUT2D eigenvalue weighted by molar-refractivity contribution is 5.42. The van der Waals surface area contributed by atoms with Gasteiger partial charge in [0.15, 0.2) is 0 Å². The molecule has 1 aromatic rings. The molecule has 0 fully saturated rings. The number of aryl methyl sites for hydroxylation is 1. The number of hydrogen-bond donors (Lipinski definition) is 1. The fourth-order valence-electron chi connectivity index (χ4n) is 1.66. The van der Waals surface area contributed by atoms with Crippen molar-refractivity contribution in [1.29, 1.82) is 0 Å². The molecule has 0 aliphatic carbocycles. The molecule has 0 saturated carbocycles. The molecule has 0 saturated heterocycles. The highest BCUT2D eigenvalue weighted by Gasteiger charge is 2.06. The Bertz CT molecular complexity index is 397. The molecule has 1 atom stereocenters. The number of anilines is 1. The molecular weight excluding hydrogens is 218 g/mol. The first-order valence-electron chi connectivity index (χ1n) is 6.08. The number of aromatic nitrogens is 2. The van der Waals surface area contributed by atoms with Gasteiger partial charge in [-0.15, -0.1) is 0 Å². The second-order valence-corrected chi connectivity index (χ2v) is 4.09. The molecule has 0 spiro atoms. The second kappa shape index (κ2) is 6.39. The summed E-state index contributed by atoms with van der Waals surface area (Å²) in [5.74, 6) is 0. The summed E-state index contributed by atoms with van der Waals surface area (Å²) < 4.78 is 1.39. The van der Waals surface area contributed by atoms with Crippen molar-refractivity contribution in [2.75, 3.05) is 18.0 Å². The normalized spacial score (nSPS) is 12.5. The summed E-state index contributed by atoms with van der Waals surface area (Å²) in [4.78, 5) is 13.9. The molecule has 5 nitrogen and oxygen atoms in total.